The standard InChI is InChI=1S/C61H47N3/c62-60(55-30-16-13-26-51(55)43-20-5-2-6-21-43)64-61(63-40-49-24-10-11-25-50(49)42-18-3-1-4-19-42)46-34-32-45(33-35-46)58-54-29-15-14-28-53(54)57(48-36-31-41-17-7-8-23-47(41)39-48)56-38-37-44-22-9-12-27-52(44)59(56)58/h1-39,60-61,63-64H,40,62H2. The summed E-state index contributed by atoms with van der Waals surface area (Å²) < 4.78 is 0. The summed E-state index contributed by atoms with van der Waals surface area (Å²) in [7, 11) is 0. The van der Waals surface area contributed by atoms with E-state index in [4.69, 9.17) is 5.73 Å². The van der Waals surface area contributed by atoms with Gasteiger partial charge in [0.2, 0.25) is 0 Å². The molecule has 0 fully saturated rings. The Morgan fingerprint density at radius 2 is 0.922 bits per heavy atom. The van der Waals surface area contributed by atoms with Crippen LogP contribution in [0, 0.1) is 0 Å². The van der Waals surface area contributed by atoms with Gasteiger partial charge in [-0.2, -0.15) is 0 Å². The Balaban J connectivity index is 1.03. The first-order valence-corrected chi connectivity index (χ1v) is 22.2. The summed E-state index contributed by atoms with van der Waals surface area (Å²) in [5.41, 5.74) is 20.1. The number of fused-ring (bicyclic) bond motifs is 5. The van der Waals surface area contributed by atoms with Crippen LogP contribution < -0.4 is 16.4 Å². The quantitative estimate of drug-likeness (QED) is 0.0692. The summed E-state index contributed by atoms with van der Waals surface area (Å²) in [6, 6.07) is 85.2. The zero-order chi connectivity index (χ0) is 42.8. The number of benzene rings is 11. The highest BCUT2D eigenvalue weighted by atomic mass is 15.2. The summed E-state index contributed by atoms with van der Waals surface area (Å²) >= 11 is 0. The number of rotatable bonds is 11. The maximum atomic E-state index is 7.20. The van der Waals surface area contributed by atoms with E-state index >= 15 is 0 Å². The normalized spacial score (nSPS) is 12.5. The van der Waals surface area contributed by atoms with Crippen LogP contribution in [0.5, 0.6) is 0 Å². The Morgan fingerprint density at radius 3 is 1.67 bits per heavy atom. The van der Waals surface area contributed by atoms with Crippen LogP contribution in [0.1, 0.15) is 29.0 Å². The molecular weight excluding hydrogens is 775 g/mol. The van der Waals surface area contributed by atoms with Crippen molar-refractivity contribution in [2.24, 2.45) is 5.73 Å². The number of nitrogens with two attached hydrogens (primary N) is 1. The first kappa shape index (κ1) is 39.2. The van der Waals surface area contributed by atoms with Crippen molar-refractivity contribution in [3.8, 4) is 44.5 Å². The molecule has 2 unspecified atom stereocenters. The van der Waals surface area contributed by atoms with Crippen molar-refractivity contribution in [3.63, 3.8) is 0 Å². The third-order valence-corrected chi connectivity index (χ3v) is 12.8. The van der Waals surface area contributed by atoms with Crippen LogP contribution >= 0.6 is 0 Å². The predicted molar refractivity (Wildman–Crippen MR) is 271 cm³/mol. The number of hydrogen-bond donors (Lipinski definition) is 3. The maximum Gasteiger partial charge on any atom is 0.0852 e. The smallest absolute Gasteiger partial charge is 0.0852 e. The third kappa shape index (κ3) is 7.42. The molecular formula is C61H47N3. The van der Waals surface area contributed by atoms with Gasteiger partial charge in [0, 0.05) is 6.54 Å². The van der Waals surface area contributed by atoms with Crippen molar-refractivity contribution < 1.29 is 0 Å². The molecule has 11 rings (SSSR count). The fourth-order valence-corrected chi connectivity index (χ4v) is 9.72. The van der Waals surface area contributed by atoms with Crippen molar-refractivity contribution in [3.05, 3.63) is 253 Å². The van der Waals surface area contributed by atoms with Gasteiger partial charge < -0.3 is 5.73 Å². The summed E-state index contributed by atoms with van der Waals surface area (Å²) in [6.45, 7) is 0.634. The lowest BCUT2D eigenvalue weighted by molar-refractivity contribution is 0.386. The van der Waals surface area contributed by atoms with Gasteiger partial charge in [-0.3, -0.25) is 10.6 Å². The second kappa shape index (κ2) is 17.2. The van der Waals surface area contributed by atoms with Gasteiger partial charge in [0.05, 0.1) is 12.3 Å². The molecule has 0 aromatic heterocycles. The van der Waals surface area contributed by atoms with E-state index in [1.165, 1.54) is 82.0 Å². The summed E-state index contributed by atoms with van der Waals surface area (Å²) in [5.74, 6) is 0. The molecule has 0 saturated carbocycles. The first-order valence-electron chi connectivity index (χ1n) is 22.2. The molecule has 0 bridgehead atoms. The van der Waals surface area contributed by atoms with Crippen LogP contribution in [0.3, 0.4) is 0 Å². The van der Waals surface area contributed by atoms with Crippen molar-refractivity contribution in [2.45, 2.75) is 18.9 Å². The fourth-order valence-electron chi connectivity index (χ4n) is 9.72. The average molecular weight is 822 g/mol. The number of hydrogen-bond acceptors (Lipinski definition) is 3. The van der Waals surface area contributed by atoms with E-state index in [1.807, 2.05) is 0 Å². The van der Waals surface area contributed by atoms with Crippen LogP contribution in [-0.2, 0) is 6.54 Å². The lowest BCUT2D eigenvalue weighted by atomic mass is 9.83. The van der Waals surface area contributed by atoms with Crippen LogP contribution in [0.15, 0.2) is 237 Å². The van der Waals surface area contributed by atoms with Gasteiger partial charge in [-0.05, 0) is 110 Å². The summed E-state index contributed by atoms with van der Waals surface area (Å²) in [5, 5.41) is 17.7. The summed E-state index contributed by atoms with van der Waals surface area (Å²) in [4.78, 5) is 0. The van der Waals surface area contributed by atoms with Gasteiger partial charge in [-0.25, -0.2) is 0 Å². The van der Waals surface area contributed by atoms with E-state index < -0.39 is 6.17 Å². The highest BCUT2D eigenvalue weighted by Crippen LogP contribution is 2.46. The second-order valence-electron chi connectivity index (χ2n) is 16.6. The maximum absolute atomic E-state index is 7.20. The van der Waals surface area contributed by atoms with Gasteiger partial charge >= 0.3 is 0 Å². The SMILES string of the molecule is NC(NC(NCc1ccccc1-c1ccccc1)c1ccc(-c2c3ccccc3c(-c3ccc4ccccc4c3)c3ccc4ccccc4c23)cc1)c1ccccc1-c1ccccc1. The molecule has 11 aromatic carbocycles. The molecule has 0 spiro atoms. The average Bonchev–Trinajstić information content (AvgIpc) is 3.37. The largest absolute Gasteiger partial charge is 0.312 e. The molecule has 2 atom stereocenters. The predicted octanol–water partition coefficient (Wildman–Crippen LogP) is 15.0. The zero-order valence-corrected chi connectivity index (χ0v) is 35.5. The minimum atomic E-state index is -0.458. The molecule has 4 N–H and O–H groups in total. The highest BCUT2D eigenvalue weighted by molar-refractivity contribution is 6.28. The molecule has 0 aliphatic heterocycles. The van der Waals surface area contributed by atoms with E-state index in [1.54, 1.807) is 0 Å². The van der Waals surface area contributed by atoms with Gasteiger partial charge in [-0.15, -0.1) is 0 Å². The summed E-state index contributed by atoms with van der Waals surface area (Å²) in [6.07, 6.45) is -0.735. The Morgan fingerprint density at radius 1 is 0.375 bits per heavy atom. The molecule has 0 aliphatic carbocycles. The molecule has 64 heavy (non-hydrogen) atoms. The van der Waals surface area contributed by atoms with E-state index in [0.29, 0.717) is 6.54 Å². The van der Waals surface area contributed by atoms with Gasteiger partial charge in [-0.1, -0.05) is 231 Å². The van der Waals surface area contributed by atoms with Gasteiger partial charge in [0.25, 0.3) is 0 Å². The Hall–Kier alpha value is -7.66. The van der Waals surface area contributed by atoms with Crippen LogP contribution in [0.4, 0.5) is 0 Å². The van der Waals surface area contributed by atoms with E-state index in [2.05, 4.69) is 247 Å². The van der Waals surface area contributed by atoms with Crippen LogP contribution in [-0.4, -0.2) is 0 Å². The monoisotopic (exact) mass is 821 g/mol. The van der Waals surface area contributed by atoms with Crippen molar-refractivity contribution in [1.82, 2.24) is 10.6 Å². The Labute approximate surface area is 374 Å². The molecule has 3 heteroatoms. The van der Waals surface area contributed by atoms with E-state index in [0.717, 1.165) is 22.3 Å². The minimum absolute atomic E-state index is 0.277. The molecule has 306 valence electrons. The molecule has 3 nitrogen and oxygen atoms in total. The molecule has 11 aromatic rings. The zero-order valence-electron chi connectivity index (χ0n) is 35.5. The lowest BCUT2D eigenvalue weighted by Crippen LogP contribution is -2.40. The Kier molecular flexibility index (Phi) is 10.6. The van der Waals surface area contributed by atoms with Gasteiger partial charge in [0.1, 0.15) is 0 Å². The molecule has 0 radical (unpaired) electrons. The highest BCUT2D eigenvalue weighted by Gasteiger charge is 2.22. The fraction of sp³-hybridized carbons (Fsp3) is 0.0492. The third-order valence-electron chi connectivity index (χ3n) is 12.8. The molecule has 0 aliphatic rings. The van der Waals surface area contributed by atoms with Gasteiger partial charge in [0.15, 0.2) is 0 Å². The topological polar surface area (TPSA) is 50.1 Å². The minimum Gasteiger partial charge on any atom is -0.312 e. The van der Waals surface area contributed by atoms with E-state index in [9.17, 15) is 0 Å². The van der Waals surface area contributed by atoms with Crippen molar-refractivity contribution in [1.29, 1.82) is 0 Å². The Bertz CT molecular complexity index is 3430. The second-order valence-corrected chi connectivity index (χ2v) is 16.6. The molecule has 0 saturated heterocycles. The van der Waals surface area contributed by atoms with Crippen LogP contribution in [0.25, 0.3) is 87.6 Å². The van der Waals surface area contributed by atoms with E-state index in [-0.39, 0.29) is 6.17 Å². The molecule has 0 amide bonds. The first-order chi connectivity index (χ1) is 31.7. The van der Waals surface area contributed by atoms with Crippen LogP contribution in [0.2, 0.25) is 0 Å². The number of nitrogens with one attached hydrogen (secondary N) is 2. The lowest BCUT2D eigenvalue weighted by Gasteiger charge is -2.27. The molecule has 0 heterocycles. The van der Waals surface area contributed by atoms with Crippen molar-refractivity contribution >= 4 is 43.1 Å². The van der Waals surface area contributed by atoms with Crippen molar-refractivity contribution in [2.75, 3.05) is 0 Å².